The molecule has 0 aromatic carbocycles. The molecule has 2 heterocycles. The fourth-order valence-corrected chi connectivity index (χ4v) is 2.66. The van der Waals surface area contributed by atoms with Crippen LogP contribution in [0.5, 0.6) is 0 Å². The molecular formula is C13H18N4. The van der Waals surface area contributed by atoms with Gasteiger partial charge in [0, 0.05) is 18.4 Å². The molecule has 17 heavy (non-hydrogen) atoms. The summed E-state index contributed by atoms with van der Waals surface area (Å²) in [5, 5.41) is 7.77. The summed E-state index contributed by atoms with van der Waals surface area (Å²) in [6.45, 7) is 9.17. The Morgan fingerprint density at radius 2 is 1.88 bits per heavy atom. The van der Waals surface area contributed by atoms with Crippen LogP contribution in [0.25, 0.3) is 5.52 Å². The summed E-state index contributed by atoms with van der Waals surface area (Å²) in [5.74, 6) is 0.925. The maximum absolute atomic E-state index is 4.42. The van der Waals surface area contributed by atoms with E-state index in [1.807, 2.05) is 16.8 Å². The molecule has 4 heteroatoms. The third-order valence-electron chi connectivity index (χ3n) is 4.63. The number of hydrogen-bond acceptors (Lipinski definition) is 3. The van der Waals surface area contributed by atoms with Crippen molar-refractivity contribution in [1.82, 2.24) is 14.6 Å². The standard InChI is InChI=1S/C13H18N4/c1-12(2)11(13(12,3)4)16-10-9-5-6-15-17(9)8-7-14-10/h5-8,11H,1-4H3,(H,14,16). The monoisotopic (exact) mass is 230 g/mol. The second kappa shape index (κ2) is 3.00. The van der Waals surface area contributed by atoms with Crippen molar-refractivity contribution in [2.24, 2.45) is 10.8 Å². The summed E-state index contributed by atoms with van der Waals surface area (Å²) in [7, 11) is 0. The molecule has 0 amide bonds. The first-order chi connectivity index (χ1) is 7.94. The third kappa shape index (κ3) is 1.30. The van der Waals surface area contributed by atoms with Gasteiger partial charge in [0.2, 0.25) is 0 Å². The van der Waals surface area contributed by atoms with Gasteiger partial charge in [-0.3, -0.25) is 0 Å². The molecule has 1 fully saturated rings. The van der Waals surface area contributed by atoms with Crippen LogP contribution in [0.15, 0.2) is 24.7 Å². The van der Waals surface area contributed by atoms with Crippen molar-refractivity contribution in [3.63, 3.8) is 0 Å². The molecule has 90 valence electrons. The Morgan fingerprint density at radius 1 is 1.18 bits per heavy atom. The maximum Gasteiger partial charge on any atom is 0.152 e. The lowest BCUT2D eigenvalue weighted by molar-refractivity contribution is 0.457. The summed E-state index contributed by atoms with van der Waals surface area (Å²) >= 11 is 0. The lowest BCUT2D eigenvalue weighted by Gasteiger charge is -2.08. The average molecular weight is 230 g/mol. The summed E-state index contributed by atoms with van der Waals surface area (Å²) < 4.78 is 1.84. The van der Waals surface area contributed by atoms with Crippen molar-refractivity contribution in [2.75, 3.05) is 5.32 Å². The van der Waals surface area contributed by atoms with E-state index < -0.39 is 0 Å². The topological polar surface area (TPSA) is 42.2 Å². The van der Waals surface area contributed by atoms with Crippen molar-refractivity contribution >= 4 is 11.3 Å². The number of anilines is 1. The molecule has 0 aliphatic heterocycles. The molecule has 2 aromatic rings. The highest BCUT2D eigenvalue weighted by molar-refractivity contribution is 5.68. The van der Waals surface area contributed by atoms with Gasteiger partial charge < -0.3 is 5.32 Å². The minimum Gasteiger partial charge on any atom is -0.364 e. The van der Waals surface area contributed by atoms with Gasteiger partial charge in [-0.1, -0.05) is 27.7 Å². The number of fused-ring (bicyclic) bond motifs is 1. The lowest BCUT2D eigenvalue weighted by atomic mass is 10.0. The Balaban J connectivity index is 1.95. The predicted octanol–water partition coefficient (Wildman–Crippen LogP) is 2.58. The molecule has 0 spiro atoms. The number of hydrogen-bond donors (Lipinski definition) is 1. The predicted molar refractivity (Wildman–Crippen MR) is 68.0 cm³/mol. The number of nitrogens with zero attached hydrogens (tertiary/aromatic N) is 3. The van der Waals surface area contributed by atoms with E-state index in [-0.39, 0.29) is 0 Å². The first kappa shape index (κ1) is 10.6. The second-order valence-corrected chi connectivity index (χ2v) is 5.96. The van der Waals surface area contributed by atoms with Gasteiger partial charge in [-0.05, 0) is 16.9 Å². The zero-order valence-corrected chi connectivity index (χ0v) is 10.7. The number of rotatable bonds is 2. The van der Waals surface area contributed by atoms with Crippen molar-refractivity contribution in [3.05, 3.63) is 24.7 Å². The Morgan fingerprint density at radius 3 is 2.53 bits per heavy atom. The highest BCUT2D eigenvalue weighted by Crippen LogP contribution is 2.63. The molecule has 0 saturated heterocycles. The lowest BCUT2D eigenvalue weighted by Crippen LogP contribution is -2.12. The van der Waals surface area contributed by atoms with Gasteiger partial charge in [0.1, 0.15) is 5.52 Å². The second-order valence-electron chi connectivity index (χ2n) is 5.96. The molecular weight excluding hydrogens is 212 g/mol. The minimum atomic E-state index is 0.307. The third-order valence-corrected chi connectivity index (χ3v) is 4.63. The molecule has 1 N–H and O–H groups in total. The van der Waals surface area contributed by atoms with Crippen molar-refractivity contribution in [3.8, 4) is 0 Å². The van der Waals surface area contributed by atoms with Crippen LogP contribution in [0, 0.1) is 10.8 Å². The summed E-state index contributed by atoms with van der Waals surface area (Å²) in [4.78, 5) is 4.42. The molecule has 2 aromatic heterocycles. The van der Waals surface area contributed by atoms with Crippen LogP contribution in [-0.4, -0.2) is 20.6 Å². The van der Waals surface area contributed by atoms with Crippen LogP contribution in [0.1, 0.15) is 27.7 Å². The van der Waals surface area contributed by atoms with Crippen LogP contribution >= 0.6 is 0 Å². The summed E-state index contributed by atoms with van der Waals surface area (Å²) in [6, 6.07) is 2.45. The Kier molecular flexibility index (Phi) is 1.86. The van der Waals surface area contributed by atoms with E-state index >= 15 is 0 Å². The molecule has 3 rings (SSSR count). The first-order valence-electron chi connectivity index (χ1n) is 5.99. The van der Waals surface area contributed by atoms with Crippen molar-refractivity contribution in [2.45, 2.75) is 33.7 Å². The van der Waals surface area contributed by atoms with Crippen LogP contribution in [0.2, 0.25) is 0 Å². The van der Waals surface area contributed by atoms with Crippen molar-refractivity contribution < 1.29 is 0 Å². The number of aromatic nitrogens is 3. The van der Waals surface area contributed by atoms with Gasteiger partial charge >= 0.3 is 0 Å². The van der Waals surface area contributed by atoms with Crippen LogP contribution in [-0.2, 0) is 0 Å². The van der Waals surface area contributed by atoms with E-state index in [2.05, 4.69) is 43.1 Å². The van der Waals surface area contributed by atoms with E-state index in [4.69, 9.17) is 0 Å². The van der Waals surface area contributed by atoms with E-state index in [1.165, 1.54) is 0 Å². The quantitative estimate of drug-likeness (QED) is 0.862. The molecule has 0 unspecified atom stereocenters. The van der Waals surface area contributed by atoms with Gasteiger partial charge in [-0.25, -0.2) is 9.50 Å². The zero-order valence-electron chi connectivity index (χ0n) is 10.7. The van der Waals surface area contributed by atoms with E-state index in [0.717, 1.165) is 11.3 Å². The Hall–Kier alpha value is -1.58. The minimum absolute atomic E-state index is 0.307. The van der Waals surface area contributed by atoms with Crippen LogP contribution in [0.4, 0.5) is 5.82 Å². The first-order valence-corrected chi connectivity index (χ1v) is 5.99. The van der Waals surface area contributed by atoms with E-state index in [9.17, 15) is 0 Å². The molecule has 0 bridgehead atoms. The van der Waals surface area contributed by atoms with Gasteiger partial charge in [0.15, 0.2) is 5.82 Å². The fourth-order valence-electron chi connectivity index (χ4n) is 2.66. The summed E-state index contributed by atoms with van der Waals surface area (Å²) in [5.41, 5.74) is 1.65. The molecule has 4 nitrogen and oxygen atoms in total. The van der Waals surface area contributed by atoms with E-state index in [1.54, 1.807) is 12.4 Å². The number of nitrogens with one attached hydrogen (secondary N) is 1. The van der Waals surface area contributed by atoms with Gasteiger partial charge in [-0.2, -0.15) is 5.10 Å². The smallest absolute Gasteiger partial charge is 0.152 e. The molecule has 0 radical (unpaired) electrons. The Labute approximate surface area is 101 Å². The molecule has 1 aliphatic rings. The van der Waals surface area contributed by atoms with Crippen LogP contribution in [0.3, 0.4) is 0 Å². The normalized spacial score (nSPS) is 21.6. The van der Waals surface area contributed by atoms with Gasteiger partial charge in [0.25, 0.3) is 0 Å². The zero-order chi connectivity index (χ0) is 12.3. The highest BCUT2D eigenvalue weighted by atomic mass is 15.2. The van der Waals surface area contributed by atoms with Gasteiger partial charge in [0.05, 0.1) is 6.20 Å². The highest BCUT2D eigenvalue weighted by Gasteiger charge is 2.65. The maximum atomic E-state index is 4.42. The average Bonchev–Trinajstić information content (AvgIpc) is 2.68. The molecule has 1 aliphatic carbocycles. The van der Waals surface area contributed by atoms with Crippen LogP contribution < -0.4 is 5.32 Å². The SMILES string of the molecule is CC1(C)C(Nc2nccn3nccc23)C1(C)C. The Bertz CT molecular complexity index is 554. The fraction of sp³-hybridized carbons (Fsp3) is 0.538. The molecule has 0 atom stereocenters. The largest absolute Gasteiger partial charge is 0.364 e. The summed E-state index contributed by atoms with van der Waals surface area (Å²) in [6.07, 6.45) is 5.44. The molecule has 1 saturated carbocycles. The van der Waals surface area contributed by atoms with Crippen molar-refractivity contribution in [1.29, 1.82) is 0 Å². The van der Waals surface area contributed by atoms with Gasteiger partial charge in [-0.15, -0.1) is 0 Å². The van der Waals surface area contributed by atoms with E-state index in [0.29, 0.717) is 16.9 Å².